The van der Waals surface area contributed by atoms with E-state index in [1.165, 1.54) is 48.5 Å². The van der Waals surface area contributed by atoms with Crippen molar-refractivity contribution in [2.75, 3.05) is 6.61 Å². The maximum Gasteiger partial charge on any atom is 0.229 e. The van der Waals surface area contributed by atoms with Gasteiger partial charge in [0.15, 0.2) is 0 Å². The summed E-state index contributed by atoms with van der Waals surface area (Å²) in [7, 11) is 0. The van der Waals surface area contributed by atoms with Crippen LogP contribution in [0, 0.1) is 0 Å². The summed E-state index contributed by atoms with van der Waals surface area (Å²) in [5, 5.41) is 106. The quantitative estimate of drug-likeness (QED) is 0.0775. The van der Waals surface area contributed by atoms with E-state index in [-0.39, 0.29) is 40.2 Å². The molecule has 3 aliphatic heterocycles. The molecule has 9 rings (SSSR count). The Bertz CT molecular complexity index is 2630. The van der Waals surface area contributed by atoms with Crippen molar-refractivity contribution in [1.82, 2.24) is 0 Å². The van der Waals surface area contributed by atoms with Gasteiger partial charge in [0.1, 0.15) is 88.4 Å². The fourth-order valence-electron chi connectivity index (χ4n) is 8.67. The number of aliphatic hydroxyl groups is 4. The van der Waals surface area contributed by atoms with Gasteiger partial charge in [-0.1, -0.05) is 48.6 Å². The molecule has 0 aliphatic carbocycles. The molecular formula is C48H42O14. The molecule has 9 unspecified atom stereocenters. The van der Waals surface area contributed by atoms with Gasteiger partial charge < -0.3 is 70.0 Å². The average molecular weight is 843 g/mol. The van der Waals surface area contributed by atoms with Gasteiger partial charge in [-0.3, -0.25) is 0 Å². The highest BCUT2D eigenvalue weighted by Gasteiger charge is 2.47. The molecule has 1 fully saturated rings. The second kappa shape index (κ2) is 16.2. The Balaban J connectivity index is 1.23. The second-order valence-corrected chi connectivity index (χ2v) is 15.6. The molecule has 0 aromatic heterocycles. The van der Waals surface area contributed by atoms with Crippen LogP contribution >= 0.6 is 0 Å². The first-order valence-corrected chi connectivity index (χ1v) is 19.8. The van der Waals surface area contributed by atoms with Crippen LogP contribution in [0.5, 0.6) is 51.7 Å². The highest BCUT2D eigenvalue weighted by Crippen LogP contribution is 2.60. The van der Waals surface area contributed by atoms with Crippen LogP contribution in [0.3, 0.4) is 0 Å². The van der Waals surface area contributed by atoms with Crippen molar-refractivity contribution >= 4 is 12.2 Å². The van der Waals surface area contributed by atoms with Crippen LogP contribution in [0.15, 0.2) is 115 Å². The minimum Gasteiger partial charge on any atom is -0.508 e. The first-order valence-electron chi connectivity index (χ1n) is 19.8. The van der Waals surface area contributed by atoms with Crippen LogP contribution in [0.25, 0.3) is 12.2 Å². The molecule has 0 radical (unpaired) electrons. The number of benzene rings is 6. The summed E-state index contributed by atoms with van der Waals surface area (Å²) in [6.45, 7) is -0.677. The summed E-state index contributed by atoms with van der Waals surface area (Å²) in [5.74, 6) is -1.17. The van der Waals surface area contributed by atoms with E-state index in [0.717, 1.165) is 5.56 Å². The van der Waals surface area contributed by atoms with Gasteiger partial charge >= 0.3 is 0 Å². The van der Waals surface area contributed by atoms with Gasteiger partial charge in [0.2, 0.25) is 6.29 Å². The first-order chi connectivity index (χ1) is 29.8. The van der Waals surface area contributed by atoms with Crippen LogP contribution in [0.4, 0.5) is 0 Å². The third kappa shape index (κ3) is 7.54. The van der Waals surface area contributed by atoms with Crippen molar-refractivity contribution in [2.24, 2.45) is 0 Å². The van der Waals surface area contributed by atoms with Gasteiger partial charge in [0.25, 0.3) is 0 Å². The molecule has 318 valence electrons. The van der Waals surface area contributed by atoms with E-state index in [2.05, 4.69) is 0 Å². The topological polar surface area (TPSA) is 239 Å². The number of phenols is 6. The van der Waals surface area contributed by atoms with Gasteiger partial charge in [0.05, 0.1) is 18.4 Å². The number of aliphatic hydroxyl groups excluding tert-OH is 4. The number of hydrogen-bond acceptors (Lipinski definition) is 14. The van der Waals surface area contributed by atoms with Gasteiger partial charge in [-0.15, -0.1) is 0 Å². The van der Waals surface area contributed by atoms with Gasteiger partial charge in [0, 0.05) is 29.3 Å². The van der Waals surface area contributed by atoms with E-state index >= 15 is 0 Å². The zero-order valence-electron chi connectivity index (χ0n) is 32.6. The third-order valence-electron chi connectivity index (χ3n) is 11.6. The molecule has 0 bridgehead atoms. The Labute approximate surface area is 354 Å². The Morgan fingerprint density at radius 2 is 1.05 bits per heavy atom. The summed E-state index contributed by atoms with van der Waals surface area (Å²) in [6.07, 6.45) is -5.87. The zero-order valence-corrected chi connectivity index (χ0v) is 32.6. The maximum absolute atomic E-state index is 11.5. The predicted octanol–water partition coefficient (Wildman–Crippen LogP) is 5.80. The van der Waals surface area contributed by atoms with Crippen LogP contribution in [-0.4, -0.2) is 88.4 Å². The molecule has 14 heteroatoms. The zero-order chi connectivity index (χ0) is 43.4. The number of ether oxygens (including phenoxy) is 4. The summed E-state index contributed by atoms with van der Waals surface area (Å²) in [6, 6.07) is 30.1. The summed E-state index contributed by atoms with van der Waals surface area (Å²) in [4.78, 5) is 0. The monoisotopic (exact) mass is 842 g/mol. The molecule has 1 saturated heterocycles. The molecule has 0 amide bonds. The molecule has 62 heavy (non-hydrogen) atoms. The van der Waals surface area contributed by atoms with Crippen molar-refractivity contribution in [1.29, 1.82) is 0 Å². The van der Waals surface area contributed by atoms with E-state index < -0.39 is 61.4 Å². The van der Waals surface area contributed by atoms with E-state index in [0.29, 0.717) is 50.4 Å². The van der Waals surface area contributed by atoms with Crippen molar-refractivity contribution in [3.8, 4) is 51.7 Å². The van der Waals surface area contributed by atoms with Crippen LogP contribution < -0.4 is 14.2 Å². The van der Waals surface area contributed by atoms with Crippen LogP contribution in [-0.2, 0) is 4.74 Å². The van der Waals surface area contributed by atoms with Crippen molar-refractivity contribution in [3.63, 3.8) is 0 Å². The first kappa shape index (κ1) is 40.5. The fraction of sp³-hybridized carbons (Fsp3) is 0.208. The van der Waals surface area contributed by atoms with E-state index in [9.17, 15) is 51.1 Å². The molecule has 0 spiro atoms. The molecule has 9 atom stereocenters. The molecular weight excluding hydrogens is 801 g/mol. The largest absolute Gasteiger partial charge is 0.508 e. The second-order valence-electron chi connectivity index (χ2n) is 15.6. The van der Waals surface area contributed by atoms with Gasteiger partial charge in [-0.2, -0.15) is 0 Å². The molecule has 0 saturated carbocycles. The van der Waals surface area contributed by atoms with Gasteiger partial charge in [-0.25, -0.2) is 0 Å². The summed E-state index contributed by atoms with van der Waals surface area (Å²) in [5.41, 5.74) is 4.84. The molecule has 6 aromatic rings. The predicted molar refractivity (Wildman–Crippen MR) is 222 cm³/mol. The molecule has 10 N–H and O–H groups in total. The number of fused-ring (bicyclic) bond motifs is 2. The van der Waals surface area contributed by atoms with Crippen LogP contribution in [0.1, 0.15) is 68.6 Å². The SMILES string of the molecule is OCC1OC(Oc2cc(O)cc(C3c4c(cc(O)cc4C4c5c(C=Cc6ccc(O)cc6)cc(O)cc5OC4c4ccc(O)cc4)OC3c3ccc(O)cc3)c2)C(O)C(O)C1O. The van der Waals surface area contributed by atoms with E-state index in [1.807, 2.05) is 12.2 Å². The Morgan fingerprint density at radius 1 is 0.500 bits per heavy atom. The Hall–Kier alpha value is -6.94. The smallest absolute Gasteiger partial charge is 0.229 e. The number of phenolic OH excluding ortho intramolecular Hbond substituents is 6. The van der Waals surface area contributed by atoms with Crippen molar-refractivity contribution in [2.45, 2.75) is 54.7 Å². The molecule has 14 nitrogen and oxygen atoms in total. The minimum atomic E-state index is -1.73. The lowest BCUT2D eigenvalue weighted by Crippen LogP contribution is -2.60. The number of hydrogen-bond donors (Lipinski definition) is 10. The lowest BCUT2D eigenvalue weighted by molar-refractivity contribution is -0.277. The molecule has 3 heterocycles. The van der Waals surface area contributed by atoms with E-state index in [1.54, 1.807) is 66.7 Å². The van der Waals surface area contributed by atoms with Crippen molar-refractivity contribution < 1.29 is 70.0 Å². The highest BCUT2D eigenvalue weighted by molar-refractivity contribution is 5.76. The van der Waals surface area contributed by atoms with Crippen LogP contribution in [0.2, 0.25) is 0 Å². The Morgan fingerprint density at radius 3 is 1.66 bits per heavy atom. The lowest BCUT2D eigenvalue weighted by atomic mass is 9.75. The molecule has 3 aliphatic rings. The highest BCUT2D eigenvalue weighted by atomic mass is 16.7. The Kier molecular flexibility index (Phi) is 10.5. The van der Waals surface area contributed by atoms with E-state index in [4.69, 9.17) is 18.9 Å². The van der Waals surface area contributed by atoms with Crippen molar-refractivity contribution in [3.05, 3.63) is 160 Å². The lowest BCUT2D eigenvalue weighted by Gasteiger charge is -2.39. The standard InChI is InChI=1S/C48H42O14/c49-22-38-43(56)44(57)45(58)48(62-38)59-34-17-27(16-31(53)18-34)40-41-35(19-33(55)21-37(41)61-46(40)24-5-11-29(51)12-6-24)42-39-26(4-1-23-2-9-28(50)10-3-23)15-32(54)20-36(39)60-47(42)25-7-13-30(52)14-8-25/h1-21,38,40,42-58H,22H2. The molecule has 6 aromatic carbocycles. The number of rotatable bonds is 9. The summed E-state index contributed by atoms with van der Waals surface area (Å²) < 4.78 is 25.1. The normalized spacial score (nSPS) is 25.2. The average Bonchev–Trinajstić information content (AvgIpc) is 3.83. The van der Waals surface area contributed by atoms with Gasteiger partial charge in [-0.05, 0) is 94.0 Å². The fourth-order valence-corrected chi connectivity index (χ4v) is 8.67. The maximum atomic E-state index is 11.5. The number of aromatic hydroxyl groups is 6. The summed E-state index contributed by atoms with van der Waals surface area (Å²) >= 11 is 0. The third-order valence-corrected chi connectivity index (χ3v) is 11.6. The minimum absolute atomic E-state index is 0.00351.